The monoisotopic (exact) mass is 273 g/mol. The lowest BCUT2D eigenvalue weighted by Gasteiger charge is -2.16. The molecule has 0 atom stereocenters. The molecule has 5 heteroatoms. The highest BCUT2D eigenvalue weighted by Gasteiger charge is 2.13. The van der Waals surface area contributed by atoms with Crippen molar-refractivity contribution in [3.63, 3.8) is 0 Å². The van der Waals surface area contributed by atoms with E-state index in [1.807, 2.05) is 19.1 Å². The molecule has 0 bridgehead atoms. The molecule has 0 aliphatic carbocycles. The standard InChI is InChI=1S/C15H19N3O2/c1-3-9-20-13-6-4-5-12(10-13)15(19)18(2)11-14-16-7-8-17-14/h4-8,10H,3,9,11H2,1-2H3,(H,16,17). The Morgan fingerprint density at radius 2 is 2.30 bits per heavy atom. The van der Waals surface area contributed by atoms with Crippen molar-refractivity contribution in [3.05, 3.63) is 48.0 Å². The summed E-state index contributed by atoms with van der Waals surface area (Å²) >= 11 is 0. The molecule has 0 saturated heterocycles. The number of carbonyl (C=O) groups is 1. The summed E-state index contributed by atoms with van der Waals surface area (Å²) in [6.07, 6.45) is 4.36. The molecule has 106 valence electrons. The van der Waals surface area contributed by atoms with E-state index in [9.17, 15) is 4.79 Å². The van der Waals surface area contributed by atoms with E-state index in [1.165, 1.54) is 0 Å². The van der Waals surface area contributed by atoms with E-state index >= 15 is 0 Å². The molecule has 20 heavy (non-hydrogen) atoms. The molecule has 1 aromatic carbocycles. The first-order valence-electron chi connectivity index (χ1n) is 6.67. The summed E-state index contributed by atoms with van der Waals surface area (Å²) in [7, 11) is 1.75. The fourth-order valence-corrected chi connectivity index (χ4v) is 1.84. The molecule has 0 aliphatic rings. The van der Waals surface area contributed by atoms with E-state index in [2.05, 4.69) is 9.97 Å². The first-order valence-corrected chi connectivity index (χ1v) is 6.67. The summed E-state index contributed by atoms with van der Waals surface area (Å²) < 4.78 is 5.54. The van der Waals surface area contributed by atoms with Crippen molar-refractivity contribution in [2.24, 2.45) is 0 Å². The van der Waals surface area contributed by atoms with Crippen LogP contribution in [0.25, 0.3) is 0 Å². The second kappa shape index (κ2) is 6.75. The predicted molar refractivity (Wildman–Crippen MR) is 76.6 cm³/mol. The van der Waals surface area contributed by atoms with E-state index in [-0.39, 0.29) is 5.91 Å². The van der Waals surface area contributed by atoms with Crippen LogP contribution in [-0.4, -0.2) is 34.4 Å². The average molecular weight is 273 g/mol. The molecule has 0 saturated carbocycles. The highest BCUT2D eigenvalue weighted by Crippen LogP contribution is 2.15. The molecule has 0 radical (unpaired) electrons. The molecule has 0 spiro atoms. The molecule has 0 aliphatic heterocycles. The van der Waals surface area contributed by atoms with Gasteiger partial charge in [-0.05, 0) is 24.6 Å². The molecular formula is C15H19N3O2. The molecule has 0 unspecified atom stereocenters. The maximum absolute atomic E-state index is 12.3. The quantitative estimate of drug-likeness (QED) is 0.879. The highest BCUT2D eigenvalue weighted by molar-refractivity contribution is 5.94. The van der Waals surface area contributed by atoms with Crippen LogP contribution in [0.4, 0.5) is 0 Å². The Bertz CT molecular complexity index is 552. The highest BCUT2D eigenvalue weighted by atomic mass is 16.5. The minimum Gasteiger partial charge on any atom is -0.494 e. The van der Waals surface area contributed by atoms with Gasteiger partial charge in [0.2, 0.25) is 0 Å². The SMILES string of the molecule is CCCOc1cccc(C(=O)N(C)Cc2ncc[nH]2)c1. The number of amides is 1. The zero-order chi connectivity index (χ0) is 14.4. The van der Waals surface area contributed by atoms with Gasteiger partial charge >= 0.3 is 0 Å². The third kappa shape index (κ3) is 3.60. The molecule has 1 amide bonds. The van der Waals surface area contributed by atoms with Gasteiger partial charge in [-0.3, -0.25) is 4.79 Å². The Hall–Kier alpha value is -2.30. The maximum atomic E-state index is 12.3. The number of H-pyrrole nitrogens is 1. The minimum absolute atomic E-state index is 0.0525. The van der Waals surface area contributed by atoms with Crippen LogP contribution in [0.15, 0.2) is 36.7 Å². The number of benzene rings is 1. The Balaban J connectivity index is 2.04. The van der Waals surface area contributed by atoms with Gasteiger partial charge in [-0.15, -0.1) is 0 Å². The molecule has 5 nitrogen and oxygen atoms in total. The van der Waals surface area contributed by atoms with E-state index in [0.29, 0.717) is 18.7 Å². The fraction of sp³-hybridized carbons (Fsp3) is 0.333. The van der Waals surface area contributed by atoms with Crippen molar-refractivity contribution in [3.8, 4) is 5.75 Å². The molecule has 0 fully saturated rings. The normalized spacial score (nSPS) is 10.3. The van der Waals surface area contributed by atoms with Crippen molar-refractivity contribution in [2.75, 3.05) is 13.7 Å². The number of ether oxygens (including phenoxy) is 1. The molecular weight excluding hydrogens is 254 g/mol. The molecule has 2 aromatic rings. The van der Waals surface area contributed by atoms with Gasteiger partial charge in [0.05, 0.1) is 13.2 Å². The van der Waals surface area contributed by atoms with Crippen LogP contribution in [-0.2, 0) is 6.54 Å². The summed E-state index contributed by atoms with van der Waals surface area (Å²) in [6.45, 7) is 3.15. The van der Waals surface area contributed by atoms with Crippen molar-refractivity contribution in [2.45, 2.75) is 19.9 Å². The molecule has 1 N–H and O–H groups in total. The first kappa shape index (κ1) is 14.1. The number of imidazole rings is 1. The smallest absolute Gasteiger partial charge is 0.254 e. The van der Waals surface area contributed by atoms with Gasteiger partial charge in [0, 0.05) is 25.0 Å². The van der Waals surface area contributed by atoms with Crippen LogP contribution in [0, 0.1) is 0 Å². The van der Waals surface area contributed by atoms with Crippen LogP contribution in [0.3, 0.4) is 0 Å². The Morgan fingerprint density at radius 1 is 1.45 bits per heavy atom. The second-order valence-electron chi connectivity index (χ2n) is 4.57. The Labute approximate surface area is 118 Å². The summed E-state index contributed by atoms with van der Waals surface area (Å²) in [5, 5.41) is 0. The van der Waals surface area contributed by atoms with Crippen molar-refractivity contribution >= 4 is 5.91 Å². The van der Waals surface area contributed by atoms with Gasteiger partial charge in [-0.1, -0.05) is 13.0 Å². The molecule has 1 heterocycles. The van der Waals surface area contributed by atoms with Crippen molar-refractivity contribution in [1.29, 1.82) is 0 Å². The number of rotatable bonds is 6. The lowest BCUT2D eigenvalue weighted by Crippen LogP contribution is -2.26. The Morgan fingerprint density at radius 3 is 3.00 bits per heavy atom. The summed E-state index contributed by atoms with van der Waals surface area (Å²) in [4.78, 5) is 21.0. The maximum Gasteiger partial charge on any atom is 0.254 e. The van der Waals surface area contributed by atoms with Crippen LogP contribution in [0.2, 0.25) is 0 Å². The van der Waals surface area contributed by atoms with Crippen LogP contribution in [0.5, 0.6) is 5.75 Å². The summed E-state index contributed by atoms with van der Waals surface area (Å²) in [5.41, 5.74) is 0.618. The zero-order valence-corrected chi connectivity index (χ0v) is 11.8. The number of hydrogen-bond donors (Lipinski definition) is 1. The van der Waals surface area contributed by atoms with E-state index in [4.69, 9.17) is 4.74 Å². The number of nitrogens with one attached hydrogen (secondary N) is 1. The van der Waals surface area contributed by atoms with Crippen LogP contribution < -0.4 is 4.74 Å². The fourth-order valence-electron chi connectivity index (χ4n) is 1.84. The third-order valence-corrected chi connectivity index (χ3v) is 2.84. The number of aromatic nitrogens is 2. The van der Waals surface area contributed by atoms with Gasteiger partial charge < -0.3 is 14.6 Å². The number of nitrogens with zero attached hydrogens (tertiary/aromatic N) is 2. The number of aromatic amines is 1. The minimum atomic E-state index is -0.0525. The van der Waals surface area contributed by atoms with E-state index in [0.717, 1.165) is 18.0 Å². The van der Waals surface area contributed by atoms with Gasteiger partial charge in [0.1, 0.15) is 11.6 Å². The number of hydrogen-bond acceptors (Lipinski definition) is 3. The first-order chi connectivity index (χ1) is 9.70. The van der Waals surface area contributed by atoms with E-state index < -0.39 is 0 Å². The van der Waals surface area contributed by atoms with Gasteiger partial charge in [0.25, 0.3) is 5.91 Å². The van der Waals surface area contributed by atoms with Crippen LogP contribution in [0.1, 0.15) is 29.5 Å². The second-order valence-corrected chi connectivity index (χ2v) is 4.57. The van der Waals surface area contributed by atoms with Crippen LogP contribution >= 0.6 is 0 Å². The van der Waals surface area contributed by atoms with Gasteiger partial charge in [-0.25, -0.2) is 4.98 Å². The largest absolute Gasteiger partial charge is 0.494 e. The van der Waals surface area contributed by atoms with Crippen molar-refractivity contribution < 1.29 is 9.53 Å². The predicted octanol–water partition coefficient (Wildman–Crippen LogP) is 2.47. The Kier molecular flexibility index (Phi) is 4.76. The molecule has 1 aromatic heterocycles. The summed E-state index contributed by atoms with van der Waals surface area (Å²) in [5.74, 6) is 1.44. The van der Waals surface area contributed by atoms with E-state index in [1.54, 1.807) is 36.5 Å². The third-order valence-electron chi connectivity index (χ3n) is 2.84. The molecule has 2 rings (SSSR count). The summed E-state index contributed by atoms with van der Waals surface area (Å²) in [6, 6.07) is 7.26. The topological polar surface area (TPSA) is 58.2 Å². The number of carbonyl (C=O) groups excluding carboxylic acids is 1. The van der Waals surface area contributed by atoms with Gasteiger partial charge in [-0.2, -0.15) is 0 Å². The average Bonchev–Trinajstić information content (AvgIpc) is 2.97. The zero-order valence-electron chi connectivity index (χ0n) is 11.8. The van der Waals surface area contributed by atoms with Gasteiger partial charge in [0.15, 0.2) is 0 Å². The van der Waals surface area contributed by atoms with Crippen molar-refractivity contribution in [1.82, 2.24) is 14.9 Å². The lowest BCUT2D eigenvalue weighted by molar-refractivity contribution is 0.0781. The lowest BCUT2D eigenvalue weighted by atomic mass is 10.2.